The van der Waals surface area contributed by atoms with Crippen molar-refractivity contribution in [3.63, 3.8) is 0 Å². The molecule has 0 aliphatic carbocycles. The smallest absolute Gasteiger partial charge is 0.308 e. The van der Waals surface area contributed by atoms with Gasteiger partial charge in [0.25, 0.3) is 0 Å². The number of hydrogen-bond acceptors (Lipinski definition) is 17. The van der Waals surface area contributed by atoms with Gasteiger partial charge in [-0.25, -0.2) is 4.39 Å². The maximum absolute atomic E-state index is 13.4. The van der Waals surface area contributed by atoms with E-state index < -0.39 is 154 Å². The summed E-state index contributed by atoms with van der Waals surface area (Å²) in [5, 5.41) is 111. The lowest BCUT2D eigenvalue weighted by atomic mass is 9.82. The summed E-state index contributed by atoms with van der Waals surface area (Å²) < 4.78 is 36.6. The van der Waals surface area contributed by atoms with Gasteiger partial charge in [-0.15, -0.1) is 0 Å². The first kappa shape index (κ1) is 58.8. The zero-order valence-corrected chi connectivity index (χ0v) is 39.4. The first-order valence-electron chi connectivity index (χ1n) is 23.5. The van der Waals surface area contributed by atoms with E-state index in [4.69, 9.17) is 24.7 Å². The van der Waals surface area contributed by atoms with Crippen LogP contribution in [0.2, 0.25) is 0 Å². The number of fused-ring (bicyclic) bond motifs is 2. The molecule has 13 N–H and O–H groups in total. The quantitative estimate of drug-likeness (QED) is 0.169. The standard InChI is InChI=1S/C49H77FN2O16/c1-29-17-15-13-11-9-7-5-6-8-10-12-14-16-18-36(67-48-46(62)43(51)45(61)32(4)66-48)26-40-42(47(63)52-22-21-50)39(58)28-49(64,68-40)27-35(55)24-38(57)37(56)20-19-33(53)23-34(54)25-41(59)65-31(3)30(2)44(29)60/h5-18,29-40,42-46,48,53-58,60-62,64H,19-28,51H2,1-4H3,(H,52,63)/b6-5+,9-7+,10-8+,13-11+,14-12+,17-15+,18-16+/t29-,30-,31-,32+,33+,34+,35-,36-,37+,38+,39-,40-,42?,43-,44+,45+,46-,48-,49+/m0/s1. The van der Waals surface area contributed by atoms with Gasteiger partial charge in [-0.05, 0) is 33.1 Å². The van der Waals surface area contributed by atoms with Crippen LogP contribution >= 0.6 is 0 Å². The predicted octanol–water partition coefficient (Wildman–Crippen LogP) is 0.713. The van der Waals surface area contributed by atoms with E-state index in [1.165, 1.54) is 13.0 Å². The second-order valence-corrected chi connectivity index (χ2v) is 18.2. The van der Waals surface area contributed by atoms with Crippen molar-refractivity contribution in [3.8, 4) is 0 Å². The number of aliphatic hydroxyl groups excluding tert-OH is 9. The first-order valence-corrected chi connectivity index (χ1v) is 23.5. The summed E-state index contributed by atoms with van der Waals surface area (Å²) in [5.41, 5.74) is 6.06. The SMILES string of the molecule is C[C@@H]1[C@H](O)[C@@H](C)/C=C/C=C/C=C/C=C/C=C/C=C/C=C/[C@H](O[C@@H]2O[C@H](C)[C@@H](O)[C@H](N)[C@@H]2O)C[C@@H]2O[C@](O)(C[C@@H](O)C[C@@H](O)[C@H](O)CC[C@@H](O)C[C@@H](O)CC(=O)O[C@H]1C)C[C@H](O)C2C(=O)NCCF. The minimum Gasteiger partial charge on any atom is -0.462 e. The highest BCUT2D eigenvalue weighted by Gasteiger charge is 2.51. The number of alkyl halides is 1. The molecular formula is C49H77FN2O16. The fourth-order valence-corrected chi connectivity index (χ4v) is 8.28. The molecule has 1 amide bonds. The summed E-state index contributed by atoms with van der Waals surface area (Å²) in [6, 6.07) is -1.16. The Morgan fingerprint density at radius 3 is 1.91 bits per heavy atom. The number of rotatable bonds is 5. The molecule has 2 saturated heterocycles. The van der Waals surface area contributed by atoms with Crippen LogP contribution in [0.15, 0.2) is 85.1 Å². The normalized spacial score (nSPS) is 44.0. The summed E-state index contributed by atoms with van der Waals surface area (Å²) in [7, 11) is 0. The second-order valence-electron chi connectivity index (χ2n) is 18.2. The number of carbonyl (C=O) groups is 2. The number of nitrogens with one attached hydrogen (secondary N) is 1. The number of hydrogen-bond donors (Lipinski definition) is 12. The summed E-state index contributed by atoms with van der Waals surface area (Å²) in [6.07, 6.45) is 3.68. The summed E-state index contributed by atoms with van der Waals surface area (Å²) in [4.78, 5) is 26.0. The molecule has 3 aliphatic rings. The average molecular weight is 969 g/mol. The van der Waals surface area contributed by atoms with E-state index in [9.17, 15) is 65.0 Å². The van der Waals surface area contributed by atoms with Gasteiger partial charge in [-0.3, -0.25) is 9.59 Å². The third-order valence-corrected chi connectivity index (χ3v) is 12.4. The van der Waals surface area contributed by atoms with E-state index >= 15 is 0 Å². The van der Waals surface area contributed by atoms with Crippen LogP contribution in [0, 0.1) is 17.8 Å². The largest absolute Gasteiger partial charge is 0.462 e. The van der Waals surface area contributed by atoms with Crippen LogP contribution < -0.4 is 11.1 Å². The van der Waals surface area contributed by atoms with Crippen LogP contribution in [0.5, 0.6) is 0 Å². The van der Waals surface area contributed by atoms with Crippen molar-refractivity contribution in [3.05, 3.63) is 85.1 Å². The van der Waals surface area contributed by atoms with E-state index in [0.29, 0.717) is 0 Å². The van der Waals surface area contributed by atoms with Gasteiger partial charge in [0, 0.05) is 44.1 Å². The molecule has 0 aromatic rings. The highest BCUT2D eigenvalue weighted by atomic mass is 19.1. The van der Waals surface area contributed by atoms with E-state index in [-0.39, 0.29) is 38.1 Å². The molecular weight excluding hydrogens is 892 g/mol. The number of amides is 1. The Hall–Kier alpha value is -3.51. The zero-order valence-electron chi connectivity index (χ0n) is 39.4. The Balaban J connectivity index is 1.91. The Bertz CT molecular complexity index is 1730. The lowest BCUT2D eigenvalue weighted by molar-refractivity contribution is -0.307. The molecule has 19 heteroatoms. The molecule has 3 rings (SSSR count). The number of cyclic esters (lactones) is 1. The van der Waals surface area contributed by atoms with Gasteiger partial charge in [-0.2, -0.15) is 0 Å². The summed E-state index contributed by atoms with van der Waals surface area (Å²) >= 11 is 0. The highest BCUT2D eigenvalue weighted by molar-refractivity contribution is 5.80. The number of halogens is 1. The van der Waals surface area contributed by atoms with E-state index in [1.807, 2.05) is 25.2 Å². The molecule has 0 spiro atoms. The number of ether oxygens (including phenoxy) is 4. The summed E-state index contributed by atoms with van der Waals surface area (Å²) in [6.45, 7) is 5.45. The zero-order chi connectivity index (χ0) is 50.6. The van der Waals surface area contributed by atoms with Crippen molar-refractivity contribution < 1.29 is 84.0 Å². The molecule has 3 heterocycles. The first-order chi connectivity index (χ1) is 32.2. The lowest BCUT2D eigenvalue weighted by Gasteiger charge is -2.46. The predicted molar refractivity (Wildman–Crippen MR) is 248 cm³/mol. The van der Waals surface area contributed by atoms with Crippen LogP contribution in [-0.4, -0.2) is 174 Å². The highest BCUT2D eigenvalue weighted by Crippen LogP contribution is 2.38. The molecule has 0 aromatic heterocycles. The third kappa shape index (κ3) is 19.7. The van der Waals surface area contributed by atoms with Gasteiger partial charge in [0.2, 0.25) is 5.91 Å². The molecule has 2 fully saturated rings. The van der Waals surface area contributed by atoms with Crippen LogP contribution in [0.25, 0.3) is 0 Å². The number of nitrogens with two attached hydrogens (primary N) is 1. The van der Waals surface area contributed by atoms with Gasteiger partial charge in [0.1, 0.15) is 18.9 Å². The van der Waals surface area contributed by atoms with E-state index in [2.05, 4.69) is 5.32 Å². The van der Waals surface area contributed by atoms with Gasteiger partial charge in [-0.1, -0.05) is 98.9 Å². The van der Waals surface area contributed by atoms with Crippen molar-refractivity contribution in [2.24, 2.45) is 23.5 Å². The van der Waals surface area contributed by atoms with Crippen LogP contribution in [0.1, 0.15) is 79.1 Å². The van der Waals surface area contributed by atoms with Crippen molar-refractivity contribution in [1.82, 2.24) is 5.32 Å². The van der Waals surface area contributed by atoms with Gasteiger partial charge in [0.15, 0.2) is 12.1 Å². The fourth-order valence-electron chi connectivity index (χ4n) is 8.28. The minimum atomic E-state index is -2.32. The molecule has 68 heavy (non-hydrogen) atoms. The van der Waals surface area contributed by atoms with Crippen molar-refractivity contribution >= 4 is 11.9 Å². The van der Waals surface area contributed by atoms with Crippen molar-refractivity contribution in [1.29, 1.82) is 0 Å². The van der Waals surface area contributed by atoms with Crippen LogP contribution in [0.4, 0.5) is 4.39 Å². The molecule has 386 valence electrons. The van der Waals surface area contributed by atoms with Gasteiger partial charge < -0.3 is 81.1 Å². The van der Waals surface area contributed by atoms with Crippen molar-refractivity contribution in [2.75, 3.05) is 13.2 Å². The lowest BCUT2D eigenvalue weighted by Crippen LogP contribution is -2.62. The molecule has 18 nitrogen and oxygen atoms in total. The Kier molecular flexibility index (Phi) is 25.6. The topological polar surface area (TPSA) is 311 Å². The number of aliphatic hydroxyl groups is 10. The van der Waals surface area contributed by atoms with Crippen LogP contribution in [0.3, 0.4) is 0 Å². The molecule has 2 bridgehead atoms. The monoisotopic (exact) mass is 969 g/mol. The maximum Gasteiger partial charge on any atom is 0.308 e. The van der Waals surface area contributed by atoms with Gasteiger partial charge >= 0.3 is 5.97 Å². The number of allylic oxidation sites excluding steroid dienone is 12. The average Bonchev–Trinajstić information content (AvgIpc) is 3.26. The molecule has 0 saturated carbocycles. The Morgan fingerprint density at radius 1 is 0.721 bits per heavy atom. The minimum absolute atomic E-state index is 0.112. The van der Waals surface area contributed by atoms with E-state index in [0.717, 1.165) is 0 Å². The summed E-state index contributed by atoms with van der Waals surface area (Å²) in [5.74, 6) is -6.00. The third-order valence-electron chi connectivity index (χ3n) is 12.4. The molecule has 0 radical (unpaired) electrons. The second kappa shape index (κ2) is 29.6. The van der Waals surface area contributed by atoms with Crippen LogP contribution in [-0.2, 0) is 28.5 Å². The number of esters is 1. The molecule has 19 atom stereocenters. The van der Waals surface area contributed by atoms with Gasteiger partial charge in [0.05, 0.1) is 85.5 Å². The molecule has 3 aliphatic heterocycles. The molecule has 0 aromatic carbocycles. The van der Waals surface area contributed by atoms with Crippen molar-refractivity contribution in [2.45, 2.75) is 177 Å². The Labute approximate surface area is 398 Å². The molecule has 1 unspecified atom stereocenters. The van der Waals surface area contributed by atoms with E-state index in [1.54, 1.807) is 74.6 Å². The number of carbonyl (C=O) groups excluding carboxylic acids is 2. The Morgan fingerprint density at radius 2 is 1.31 bits per heavy atom. The fraction of sp³-hybridized carbons (Fsp3) is 0.673. The maximum atomic E-state index is 13.4.